The van der Waals surface area contributed by atoms with E-state index in [0.717, 1.165) is 4.57 Å². The summed E-state index contributed by atoms with van der Waals surface area (Å²) >= 11 is 0. The summed E-state index contributed by atoms with van der Waals surface area (Å²) in [5.74, 6) is -0.784. The molecule has 2 aromatic rings. The van der Waals surface area contributed by atoms with Crippen LogP contribution in [-0.4, -0.2) is 38.0 Å². The van der Waals surface area contributed by atoms with E-state index in [0.29, 0.717) is 5.69 Å². The van der Waals surface area contributed by atoms with Gasteiger partial charge in [0.1, 0.15) is 29.4 Å². The molecule has 1 aromatic heterocycles. The molecule has 0 bridgehead atoms. The van der Waals surface area contributed by atoms with Gasteiger partial charge in [0.2, 0.25) is 11.9 Å². The largest absolute Gasteiger partial charge is 0.391 e. The highest BCUT2D eigenvalue weighted by Gasteiger charge is 2.21. The molecule has 0 saturated carbocycles. The second kappa shape index (κ2) is 10.2. The molecular formula is C17H21N7O6S. The van der Waals surface area contributed by atoms with Gasteiger partial charge in [0.05, 0.1) is 6.54 Å². The monoisotopic (exact) mass is 451 g/mol. The number of hydrogen-bond donors (Lipinski definition) is 4. The number of nitroso groups, excluding NO2 is 1. The number of aryl methyl sites for hydroxylation is 1. The maximum absolute atomic E-state index is 12.7. The number of aromatic nitrogens is 1. The second-order valence-electron chi connectivity index (χ2n) is 6.14. The molecule has 6 N–H and O–H groups in total. The highest BCUT2D eigenvalue weighted by molar-refractivity contribution is 7.92. The fraction of sp³-hybridized carbons (Fsp3) is 0.235. The van der Waals surface area contributed by atoms with Crippen LogP contribution in [0.25, 0.3) is 0 Å². The minimum atomic E-state index is -4.27. The first-order valence-electron chi connectivity index (χ1n) is 8.79. The van der Waals surface area contributed by atoms with Crippen molar-refractivity contribution in [1.29, 1.82) is 0 Å². The van der Waals surface area contributed by atoms with E-state index in [-0.39, 0.29) is 41.9 Å². The standard InChI is InChI=1S/C17H21N7O6S/c1-11-6-7-13(23-31(28,29)14-5-3-2-4-12(14)21-27)16(26)24(11)10-15(25)20-8-9-30-22-17(18)19/h2-7,23H,8-10H2,1H3,(H,20,25)(H4,18,19,22). The molecule has 0 saturated heterocycles. The van der Waals surface area contributed by atoms with E-state index in [1.165, 1.54) is 36.4 Å². The molecule has 0 unspecified atom stereocenters. The summed E-state index contributed by atoms with van der Waals surface area (Å²) in [5.41, 5.74) is 9.26. The van der Waals surface area contributed by atoms with E-state index in [2.05, 4.69) is 20.4 Å². The van der Waals surface area contributed by atoms with Crippen LogP contribution < -0.4 is 27.1 Å². The van der Waals surface area contributed by atoms with E-state index in [1.807, 2.05) is 0 Å². The Morgan fingerprint density at radius 1 is 1.19 bits per heavy atom. The molecule has 0 radical (unpaired) electrons. The minimum Gasteiger partial charge on any atom is -0.391 e. The number of rotatable bonds is 10. The molecular weight excluding hydrogens is 430 g/mol. The highest BCUT2D eigenvalue weighted by atomic mass is 32.2. The number of nitrogens with two attached hydrogens (primary N) is 2. The lowest BCUT2D eigenvalue weighted by atomic mass is 10.3. The first-order valence-corrected chi connectivity index (χ1v) is 10.3. The van der Waals surface area contributed by atoms with Crippen LogP contribution in [0.5, 0.6) is 0 Å². The fourth-order valence-corrected chi connectivity index (χ4v) is 3.65. The van der Waals surface area contributed by atoms with Gasteiger partial charge in [0, 0.05) is 5.69 Å². The van der Waals surface area contributed by atoms with Gasteiger partial charge >= 0.3 is 0 Å². The third kappa shape index (κ3) is 6.27. The van der Waals surface area contributed by atoms with Crippen molar-refractivity contribution < 1.29 is 18.0 Å². The number of nitrogens with zero attached hydrogens (tertiary/aromatic N) is 3. The van der Waals surface area contributed by atoms with Crippen LogP contribution in [0.2, 0.25) is 0 Å². The number of benzene rings is 1. The number of oxime groups is 1. The van der Waals surface area contributed by atoms with Gasteiger partial charge in [0.15, 0.2) is 0 Å². The third-order valence-electron chi connectivity index (χ3n) is 3.88. The van der Waals surface area contributed by atoms with E-state index < -0.39 is 21.5 Å². The van der Waals surface area contributed by atoms with Gasteiger partial charge in [0.25, 0.3) is 15.6 Å². The maximum Gasteiger partial charge on any atom is 0.275 e. The topological polar surface area (TPSA) is 200 Å². The summed E-state index contributed by atoms with van der Waals surface area (Å²) in [6.45, 7) is 1.29. The van der Waals surface area contributed by atoms with Crippen molar-refractivity contribution in [3.8, 4) is 0 Å². The quantitative estimate of drug-likeness (QED) is 0.124. The zero-order chi connectivity index (χ0) is 23.0. The molecule has 31 heavy (non-hydrogen) atoms. The Morgan fingerprint density at radius 2 is 1.90 bits per heavy atom. The molecule has 166 valence electrons. The number of nitrogens with one attached hydrogen (secondary N) is 2. The normalized spacial score (nSPS) is 10.7. The number of anilines is 1. The molecule has 0 atom stereocenters. The molecule has 1 heterocycles. The van der Waals surface area contributed by atoms with E-state index in [4.69, 9.17) is 16.3 Å². The first-order chi connectivity index (χ1) is 14.7. The average Bonchev–Trinajstić information content (AvgIpc) is 2.72. The zero-order valence-electron chi connectivity index (χ0n) is 16.4. The number of sulfonamides is 1. The molecule has 1 aromatic carbocycles. The molecule has 14 heteroatoms. The van der Waals surface area contributed by atoms with Crippen molar-refractivity contribution in [3.63, 3.8) is 0 Å². The van der Waals surface area contributed by atoms with Gasteiger partial charge in [-0.3, -0.25) is 14.3 Å². The second-order valence-corrected chi connectivity index (χ2v) is 7.79. The van der Waals surface area contributed by atoms with Crippen molar-refractivity contribution in [1.82, 2.24) is 9.88 Å². The van der Waals surface area contributed by atoms with E-state index >= 15 is 0 Å². The van der Waals surface area contributed by atoms with Gasteiger partial charge in [-0.15, -0.1) is 4.91 Å². The lowest BCUT2D eigenvalue weighted by Crippen LogP contribution is -2.36. The molecule has 13 nitrogen and oxygen atoms in total. The van der Waals surface area contributed by atoms with Crippen molar-refractivity contribution >= 4 is 33.3 Å². The Kier molecular flexibility index (Phi) is 7.68. The Hall–Kier alpha value is -3.94. The average molecular weight is 451 g/mol. The Balaban J connectivity index is 2.17. The summed E-state index contributed by atoms with van der Waals surface area (Å²) in [6, 6.07) is 8.02. The van der Waals surface area contributed by atoms with Crippen LogP contribution in [0.4, 0.5) is 11.4 Å². The number of pyridine rings is 1. The molecule has 0 spiro atoms. The predicted molar refractivity (Wildman–Crippen MR) is 113 cm³/mol. The summed E-state index contributed by atoms with van der Waals surface area (Å²) in [7, 11) is -4.27. The zero-order valence-corrected chi connectivity index (χ0v) is 17.3. The maximum atomic E-state index is 12.7. The Bertz CT molecular complexity index is 1160. The van der Waals surface area contributed by atoms with Crippen LogP contribution in [-0.2, 0) is 26.2 Å². The van der Waals surface area contributed by atoms with E-state index in [9.17, 15) is 22.9 Å². The number of guanidine groups is 1. The van der Waals surface area contributed by atoms with Crippen LogP contribution in [0.1, 0.15) is 5.69 Å². The van der Waals surface area contributed by atoms with E-state index in [1.54, 1.807) is 6.92 Å². The smallest absolute Gasteiger partial charge is 0.275 e. The lowest BCUT2D eigenvalue weighted by Gasteiger charge is -2.14. The molecule has 1 amide bonds. The van der Waals surface area contributed by atoms with Crippen molar-refractivity contribution in [2.45, 2.75) is 18.4 Å². The molecule has 0 fully saturated rings. The molecule has 2 rings (SSSR count). The summed E-state index contributed by atoms with van der Waals surface area (Å²) in [5, 5.41) is 8.48. The summed E-state index contributed by atoms with van der Waals surface area (Å²) < 4.78 is 28.5. The first kappa shape index (κ1) is 23.3. The van der Waals surface area contributed by atoms with Crippen molar-refractivity contribution in [2.24, 2.45) is 21.8 Å². The predicted octanol–water partition coefficient (Wildman–Crippen LogP) is -0.323. The number of carbonyl (C=O) groups excluding carboxylic acids is 1. The van der Waals surface area contributed by atoms with Gasteiger partial charge < -0.3 is 26.2 Å². The summed E-state index contributed by atoms with van der Waals surface area (Å²) in [6.07, 6.45) is 0. The van der Waals surface area contributed by atoms with Gasteiger partial charge in [-0.25, -0.2) is 8.42 Å². The van der Waals surface area contributed by atoms with Gasteiger partial charge in [-0.05, 0) is 41.5 Å². The minimum absolute atomic E-state index is 0.00152. The number of carbonyl (C=O) groups is 1. The van der Waals surface area contributed by atoms with Crippen LogP contribution in [0.3, 0.4) is 0 Å². The molecule has 0 aliphatic carbocycles. The fourth-order valence-electron chi connectivity index (χ4n) is 2.46. The number of hydrogen-bond acceptors (Lipinski definition) is 8. The van der Waals surface area contributed by atoms with Gasteiger partial charge in [-0.1, -0.05) is 12.1 Å². The molecule has 0 aliphatic rings. The third-order valence-corrected chi connectivity index (χ3v) is 5.29. The molecule has 0 aliphatic heterocycles. The van der Waals surface area contributed by atoms with Crippen molar-refractivity contribution in [2.75, 3.05) is 17.9 Å². The van der Waals surface area contributed by atoms with Crippen LogP contribution >= 0.6 is 0 Å². The van der Waals surface area contributed by atoms with Crippen LogP contribution in [0, 0.1) is 11.8 Å². The van der Waals surface area contributed by atoms with Crippen LogP contribution in [0.15, 0.2) is 56.4 Å². The Labute approximate surface area is 177 Å². The lowest BCUT2D eigenvalue weighted by molar-refractivity contribution is -0.122. The number of amides is 1. The summed E-state index contributed by atoms with van der Waals surface area (Å²) in [4.78, 5) is 40.1. The van der Waals surface area contributed by atoms with Gasteiger partial charge in [-0.2, -0.15) is 0 Å². The Morgan fingerprint density at radius 3 is 2.58 bits per heavy atom. The highest BCUT2D eigenvalue weighted by Crippen LogP contribution is 2.24. The van der Waals surface area contributed by atoms with Crippen molar-refractivity contribution in [3.05, 3.63) is 57.4 Å². The SMILES string of the molecule is Cc1ccc(NS(=O)(=O)c2ccccc2N=O)c(=O)n1CC(=O)NCCON=C(N)N.